The highest BCUT2D eigenvalue weighted by atomic mass is 15.2. The monoisotopic (exact) mass is 224 g/mol. The average molecular weight is 224 g/mol. The summed E-state index contributed by atoms with van der Waals surface area (Å²) >= 11 is 0. The lowest BCUT2D eigenvalue weighted by molar-refractivity contribution is 0.0713. The van der Waals surface area contributed by atoms with E-state index >= 15 is 0 Å². The molecule has 0 aromatic carbocycles. The molecular weight excluding hydrogens is 196 g/mol. The Labute approximate surface area is 101 Å². The van der Waals surface area contributed by atoms with Gasteiger partial charge in [0.2, 0.25) is 0 Å². The highest BCUT2D eigenvalue weighted by Gasteiger charge is 2.31. The number of likely N-dealkylation sites (tertiary alicyclic amines) is 1. The van der Waals surface area contributed by atoms with Gasteiger partial charge in [0.25, 0.3) is 0 Å². The van der Waals surface area contributed by atoms with Crippen LogP contribution in [0.2, 0.25) is 0 Å². The molecule has 2 fully saturated rings. The summed E-state index contributed by atoms with van der Waals surface area (Å²) in [5.41, 5.74) is 6.41. The van der Waals surface area contributed by atoms with Crippen LogP contribution in [-0.2, 0) is 0 Å². The van der Waals surface area contributed by atoms with E-state index in [1.165, 1.54) is 51.6 Å². The number of hydrogen-bond acceptors (Lipinski definition) is 2. The standard InChI is InChI=1S/C14H28N2/c1-14(2)7-5-13(6-8-14)16-9-3-4-12(10-15)11-16/h12-13H,3-11,15H2,1-2H3. The Morgan fingerprint density at radius 2 is 1.88 bits per heavy atom. The fraction of sp³-hybridized carbons (Fsp3) is 1.00. The number of nitrogens with zero attached hydrogens (tertiary/aromatic N) is 1. The first-order valence-electron chi connectivity index (χ1n) is 7.05. The molecule has 0 aromatic heterocycles. The quantitative estimate of drug-likeness (QED) is 0.781. The van der Waals surface area contributed by atoms with Gasteiger partial charge in [-0.3, -0.25) is 0 Å². The van der Waals surface area contributed by atoms with Gasteiger partial charge in [0, 0.05) is 12.6 Å². The molecule has 94 valence electrons. The third kappa shape index (κ3) is 2.98. The van der Waals surface area contributed by atoms with Crippen molar-refractivity contribution in [3.8, 4) is 0 Å². The third-order valence-corrected chi connectivity index (χ3v) is 4.71. The zero-order chi connectivity index (χ0) is 11.6. The van der Waals surface area contributed by atoms with Crippen LogP contribution < -0.4 is 5.73 Å². The minimum atomic E-state index is 0.597. The molecule has 0 spiro atoms. The molecule has 16 heavy (non-hydrogen) atoms. The second kappa shape index (κ2) is 5.05. The number of hydrogen-bond donors (Lipinski definition) is 1. The topological polar surface area (TPSA) is 29.3 Å². The van der Waals surface area contributed by atoms with Gasteiger partial charge in [-0.25, -0.2) is 0 Å². The van der Waals surface area contributed by atoms with E-state index in [1.807, 2.05) is 0 Å². The lowest BCUT2D eigenvalue weighted by Crippen LogP contribution is -2.46. The van der Waals surface area contributed by atoms with Crippen molar-refractivity contribution in [2.75, 3.05) is 19.6 Å². The van der Waals surface area contributed by atoms with Crippen LogP contribution in [-0.4, -0.2) is 30.6 Å². The van der Waals surface area contributed by atoms with E-state index in [4.69, 9.17) is 5.73 Å². The lowest BCUT2D eigenvalue weighted by Gasteiger charge is -2.43. The van der Waals surface area contributed by atoms with Crippen molar-refractivity contribution in [2.24, 2.45) is 17.1 Å². The Morgan fingerprint density at radius 3 is 2.50 bits per heavy atom. The van der Waals surface area contributed by atoms with Crippen LogP contribution >= 0.6 is 0 Å². The summed E-state index contributed by atoms with van der Waals surface area (Å²) < 4.78 is 0. The van der Waals surface area contributed by atoms with E-state index in [-0.39, 0.29) is 0 Å². The van der Waals surface area contributed by atoms with Gasteiger partial charge in [0.05, 0.1) is 0 Å². The zero-order valence-corrected chi connectivity index (χ0v) is 11.0. The first-order chi connectivity index (χ1) is 7.61. The predicted octanol–water partition coefficient (Wildman–Crippen LogP) is 2.63. The molecule has 1 saturated carbocycles. The maximum absolute atomic E-state index is 5.81. The maximum Gasteiger partial charge on any atom is 0.00957 e. The molecule has 2 N–H and O–H groups in total. The molecule has 0 amide bonds. The Morgan fingerprint density at radius 1 is 1.19 bits per heavy atom. The Bertz CT molecular complexity index is 215. The number of piperidine rings is 1. The first-order valence-corrected chi connectivity index (χ1v) is 7.05. The van der Waals surface area contributed by atoms with Gasteiger partial charge < -0.3 is 10.6 Å². The second-order valence-corrected chi connectivity index (χ2v) is 6.63. The van der Waals surface area contributed by atoms with Gasteiger partial charge in [-0.2, -0.15) is 0 Å². The lowest BCUT2D eigenvalue weighted by atomic mass is 9.75. The summed E-state index contributed by atoms with van der Waals surface area (Å²) in [5.74, 6) is 0.767. The molecule has 1 heterocycles. The van der Waals surface area contributed by atoms with E-state index in [9.17, 15) is 0 Å². The van der Waals surface area contributed by atoms with Crippen LogP contribution in [0, 0.1) is 11.3 Å². The minimum absolute atomic E-state index is 0.597. The largest absolute Gasteiger partial charge is 0.330 e. The molecule has 0 radical (unpaired) electrons. The molecule has 2 aliphatic rings. The summed E-state index contributed by atoms with van der Waals surface area (Å²) in [4.78, 5) is 2.73. The summed E-state index contributed by atoms with van der Waals surface area (Å²) in [6, 6.07) is 0.863. The average Bonchev–Trinajstić information content (AvgIpc) is 2.29. The molecular formula is C14H28N2. The number of nitrogens with two attached hydrogens (primary N) is 1. The number of rotatable bonds is 2. The van der Waals surface area contributed by atoms with Crippen molar-refractivity contribution in [1.29, 1.82) is 0 Å². The van der Waals surface area contributed by atoms with Crippen LogP contribution in [0.1, 0.15) is 52.4 Å². The molecule has 1 atom stereocenters. The Hall–Kier alpha value is -0.0800. The van der Waals surface area contributed by atoms with E-state index in [0.29, 0.717) is 5.41 Å². The summed E-state index contributed by atoms with van der Waals surface area (Å²) in [6.07, 6.45) is 8.34. The van der Waals surface area contributed by atoms with Crippen molar-refractivity contribution in [3.63, 3.8) is 0 Å². The second-order valence-electron chi connectivity index (χ2n) is 6.63. The molecule has 1 unspecified atom stereocenters. The third-order valence-electron chi connectivity index (χ3n) is 4.71. The molecule has 1 saturated heterocycles. The molecule has 2 nitrogen and oxygen atoms in total. The van der Waals surface area contributed by atoms with Crippen LogP contribution in [0.5, 0.6) is 0 Å². The highest BCUT2D eigenvalue weighted by Crippen LogP contribution is 2.37. The highest BCUT2D eigenvalue weighted by molar-refractivity contribution is 4.86. The smallest absolute Gasteiger partial charge is 0.00957 e. The van der Waals surface area contributed by atoms with Crippen molar-refractivity contribution >= 4 is 0 Å². The fourth-order valence-corrected chi connectivity index (χ4v) is 3.37. The predicted molar refractivity (Wildman–Crippen MR) is 69.4 cm³/mol. The van der Waals surface area contributed by atoms with Crippen molar-refractivity contribution < 1.29 is 0 Å². The van der Waals surface area contributed by atoms with Gasteiger partial charge in [-0.1, -0.05) is 13.8 Å². The Kier molecular flexibility index (Phi) is 3.91. The normalized spacial score (nSPS) is 32.8. The molecule has 0 aromatic rings. The van der Waals surface area contributed by atoms with Crippen molar-refractivity contribution in [1.82, 2.24) is 4.90 Å². The van der Waals surface area contributed by atoms with Gasteiger partial charge in [-0.05, 0) is 62.9 Å². The molecule has 2 rings (SSSR count). The summed E-state index contributed by atoms with van der Waals surface area (Å²) in [6.45, 7) is 8.31. The first kappa shape index (κ1) is 12.4. The Balaban J connectivity index is 1.84. The van der Waals surface area contributed by atoms with E-state index in [2.05, 4.69) is 18.7 Å². The van der Waals surface area contributed by atoms with Crippen LogP contribution in [0.25, 0.3) is 0 Å². The SMILES string of the molecule is CC1(C)CCC(N2CCCC(CN)C2)CC1. The molecule has 2 heteroatoms. The van der Waals surface area contributed by atoms with Crippen molar-refractivity contribution in [2.45, 2.75) is 58.4 Å². The molecule has 0 bridgehead atoms. The summed E-state index contributed by atoms with van der Waals surface area (Å²) in [7, 11) is 0. The van der Waals surface area contributed by atoms with Gasteiger partial charge >= 0.3 is 0 Å². The van der Waals surface area contributed by atoms with Gasteiger partial charge in [-0.15, -0.1) is 0 Å². The van der Waals surface area contributed by atoms with E-state index in [0.717, 1.165) is 18.5 Å². The summed E-state index contributed by atoms with van der Waals surface area (Å²) in [5, 5.41) is 0. The van der Waals surface area contributed by atoms with Crippen LogP contribution in [0.3, 0.4) is 0 Å². The zero-order valence-electron chi connectivity index (χ0n) is 11.0. The van der Waals surface area contributed by atoms with E-state index in [1.54, 1.807) is 0 Å². The molecule has 1 aliphatic carbocycles. The van der Waals surface area contributed by atoms with Gasteiger partial charge in [0.15, 0.2) is 0 Å². The maximum atomic E-state index is 5.81. The minimum Gasteiger partial charge on any atom is -0.330 e. The molecule has 1 aliphatic heterocycles. The van der Waals surface area contributed by atoms with Crippen molar-refractivity contribution in [3.05, 3.63) is 0 Å². The fourth-order valence-electron chi connectivity index (χ4n) is 3.37. The van der Waals surface area contributed by atoms with E-state index < -0.39 is 0 Å². The van der Waals surface area contributed by atoms with Crippen LogP contribution in [0.15, 0.2) is 0 Å². The van der Waals surface area contributed by atoms with Gasteiger partial charge in [0.1, 0.15) is 0 Å². The van der Waals surface area contributed by atoms with Crippen LogP contribution in [0.4, 0.5) is 0 Å².